The second-order valence-corrected chi connectivity index (χ2v) is 6.98. The molecule has 1 saturated heterocycles. The van der Waals surface area contributed by atoms with Gasteiger partial charge in [-0.25, -0.2) is 4.79 Å². The Morgan fingerprint density at radius 3 is 2.26 bits per heavy atom. The van der Waals surface area contributed by atoms with Gasteiger partial charge in [-0.3, -0.25) is 9.59 Å². The summed E-state index contributed by atoms with van der Waals surface area (Å²) in [6.45, 7) is 0. The second-order valence-electron chi connectivity index (χ2n) is 6.98. The normalized spacial score (nSPS) is 25.6. The van der Waals surface area contributed by atoms with Crippen molar-refractivity contribution in [2.24, 2.45) is 0 Å². The van der Waals surface area contributed by atoms with Crippen molar-refractivity contribution in [1.29, 1.82) is 0 Å². The number of carboxylic acid groups (broad SMARTS) is 1. The van der Waals surface area contributed by atoms with E-state index in [0.29, 0.717) is 5.56 Å². The van der Waals surface area contributed by atoms with Crippen LogP contribution in [0.15, 0.2) is 48.5 Å². The van der Waals surface area contributed by atoms with Crippen LogP contribution in [-0.4, -0.2) is 68.9 Å². The summed E-state index contributed by atoms with van der Waals surface area (Å²) in [6, 6.07) is 13.0. The molecule has 0 unspecified atom stereocenters. The number of hydrogen-bond donors (Lipinski definition) is 5. The standard InChI is InChI=1S/C21H21NO9/c22-14-11(7-4-8-12(14)15(24)10-5-2-1-3-6-10)9-13(23)30-21-18(27)16(25)17(26)19(31-21)20(28)29/h1-8,16-19,21,25-27H,9,22H2,(H,28,29)/t16-,17-,18+,19-,21+/m0/s1. The number of carbonyl (C=O) groups excluding carboxylic acids is 2. The third-order valence-corrected chi connectivity index (χ3v) is 4.87. The predicted octanol–water partition coefficient (Wildman–Crippen LogP) is -0.522. The summed E-state index contributed by atoms with van der Waals surface area (Å²) in [5, 5.41) is 38.5. The van der Waals surface area contributed by atoms with Crippen LogP contribution in [-0.2, 0) is 25.5 Å². The van der Waals surface area contributed by atoms with Crippen molar-refractivity contribution < 1.29 is 44.3 Å². The van der Waals surface area contributed by atoms with Crippen molar-refractivity contribution in [3.05, 3.63) is 65.2 Å². The Morgan fingerprint density at radius 1 is 0.935 bits per heavy atom. The van der Waals surface area contributed by atoms with E-state index in [-0.39, 0.29) is 22.6 Å². The molecule has 6 N–H and O–H groups in total. The van der Waals surface area contributed by atoms with Crippen LogP contribution < -0.4 is 5.73 Å². The molecule has 3 rings (SSSR count). The maximum atomic E-state index is 12.7. The Balaban J connectivity index is 1.74. The van der Waals surface area contributed by atoms with Gasteiger partial charge in [-0.05, 0) is 11.6 Å². The third kappa shape index (κ3) is 4.72. The van der Waals surface area contributed by atoms with Gasteiger partial charge < -0.3 is 35.6 Å². The molecule has 0 amide bonds. The number of carbonyl (C=O) groups is 3. The monoisotopic (exact) mass is 431 g/mol. The number of hydrogen-bond acceptors (Lipinski definition) is 9. The quantitative estimate of drug-likeness (QED) is 0.227. The number of anilines is 1. The molecule has 2 aromatic carbocycles. The third-order valence-electron chi connectivity index (χ3n) is 4.87. The van der Waals surface area contributed by atoms with Crippen LogP contribution >= 0.6 is 0 Å². The highest BCUT2D eigenvalue weighted by atomic mass is 16.7. The summed E-state index contributed by atoms with van der Waals surface area (Å²) in [6.07, 6.45) is -9.79. The van der Waals surface area contributed by atoms with Crippen molar-refractivity contribution in [2.45, 2.75) is 37.1 Å². The van der Waals surface area contributed by atoms with E-state index in [0.717, 1.165) is 0 Å². The first-order valence-corrected chi connectivity index (χ1v) is 9.29. The molecule has 164 valence electrons. The molecule has 1 fully saturated rings. The number of aliphatic hydroxyl groups is 3. The maximum Gasteiger partial charge on any atom is 0.335 e. The maximum absolute atomic E-state index is 12.7. The lowest BCUT2D eigenvalue weighted by Crippen LogP contribution is -2.60. The molecule has 0 bridgehead atoms. The summed E-state index contributed by atoms with van der Waals surface area (Å²) in [4.78, 5) is 36.2. The number of esters is 1. The number of ether oxygens (including phenoxy) is 2. The van der Waals surface area contributed by atoms with Crippen LogP contribution in [0.25, 0.3) is 0 Å². The van der Waals surface area contributed by atoms with Gasteiger partial charge in [-0.1, -0.05) is 42.5 Å². The van der Waals surface area contributed by atoms with Crippen LogP contribution in [0.3, 0.4) is 0 Å². The van der Waals surface area contributed by atoms with Crippen LogP contribution in [0.4, 0.5) is 5.69 Å². The van der Waals surface area contributed by atoms with E-state index in [1.807, 2.05) is 0 Å². The fourth-order valence-corrected chi connectivity index (χ4v) is 3.19. The van der Waals surface area contributed by atoms with E-state index in [1.54, 1.807) is 36.4 Å². The van der Waals surface area contributed by atoms with E-state index in [2.05, 4.69) is 0 Å². The van der Waals surface area contributed by atoms with E-state index in [9.17, 15) is 29.7 Å². The van der Waals surface area contributed by atoms with Gasteiger partial charge >= 0.3 is 11.9 Å². The second kappa shape index (κ2) is 9.23. The van der Waals surface area contributed by atoms with Gasteiger partial charge in [-0.2, -0.15) is 0 Å². The van der Waals surface area contributed by atoms with E-state index < -0.39 is 49.1 Å². The smallest absolute Gasteiger partial charge is 0.335 e. The molecule has 0 aliphatic carbocycles. The lowest BCUT2D eigenvalue weighted by molar-refractivity contribution is -0.286. The Morgan fingerprint density at radius 2 is 1.61 bits per heavy atom. The van der Waals surface area contributed by atoms with Crippen molar-refractivity contribution >= 4 is 23.4 Å². The summed E-state index contributed by atoms with van der Waals surface area (Å²) in [5.41, 5.74) is 7.02. The molecule has 1 aliphatic rings. The zero-order chi connectivity index (χ0) is 22.7. The summed E-state index contributed by atoms with van der Waals surface area (Å²) < 4.78 is 9.87. The first-order valence-electron chi connectivity index (χ1n) is 9.29. The number of ketones is 1. The topological polar surface area (TPSA) is 177 Å². The predicted molar refractivity (Wildman–Crippen MR) is 105 cm³/mol. The van der Waals surface area contributed by atoms with Crippen molar-refractivity contribution in [3.8, 4) is 0 Å². The highest BCUT2D eigenvalue weighted by molar-refractivity contribution is 6.12. The summed E-state index contributed by atoms with van der Waals surface area (Å²) >= 11 is 0. The average molecular weight is 431 g/mol. The zero-order valence-corrected chi connectivity index (χ0v) is 16.1. The fourth-order valence-electron chi connectivity index (χ4n) is 3.19. The van der Waals surface area contributed by atoms with Crippen LogP contribution in [0, 0.1) is 0 Å². The number of nitrogens with two attached hydrogens (primary N) is 1. The Hall–Kier alpha value is -3.31. The van der Waals surface area contributed by atoms with Crippen molar-refractivity contribution in [3.63, 3.8) is 0 Å². The number of rotatable bonds is 6. The summed E-state index contributed by atoms with van der Waals surface area (Å²) in [7, 11) is 0. The molecule has 1 aliphatic heterocycles. The molecule has 0 spiro atoms. The first-order chi connectivity index (χ1) is 14.7. The average Bonchev–Trinajstić information content (AvgIpc) is 2.75. The number of nitrogen functional groups attached to an aromatic ring is 1. The first kappa shape index (κ1) is 22.4. The molecule has 5 atom stereocenters. The fraction of sp³-hybridized carbons (Fsp3) is 0.286. The lowest BCUT2D eigenvalue weighted by atomic mass is 9.97. The number of carboxylic acids is 1. The Bertz CT molecular complexity index is 978. The largest absolute Gasteiger partial charge is 0.479 e. The molecular weight excluding hydrogens is 410 g/mol. The van der Waals surface area contributed by atoms with Gasteiger partial charge in [0.25, 0.3) is 0 Å². The van der Waals surface area contributed by atoms with E-state index in [4.69, 9.17) is 20.3 Å². The van der Waals surface area contributed by atoms with Gasteiger partial charge in [0.05, 0.1) is 6.42 Å². The molecule has 31 heavy (non-hydrogen) atoms. The number of benzene rings is 2. The SMILES string of the molecule is Nc1c(CC(=O)O[C@@H]2O[C@H](C(=O)O)[C@@H](O)[C@H](O)[C@H]2O)cccc1C(=O)c1ccccc1. The highest BCUT2D eigenvalue weighted by Gasteiger charge is 2.48. The minimum absolute atomic E-state index is 0.0669. The zero-order valence-electron chi connectivity index (χ0n) is 16.1. The molecule has 0 aromatic heterocycles. The van der Waals surface area contributed by atoms with Crippen molar-refractivity contribution in [2.75, 3.05) is 5.73 Å². The van der Waals surface area contributed by atoms with Gasteiger partial charge in [0, 0.05) is 16.8 Å². The van der Waals surface area contributed by atoms with Gasteiger partial charge in [0.2, 0.25) is 6.29 Å². The number of para-hydroxylation sites is 1. The van der Waals surface area contributed by atoms with Gasteiger partial charge in [0.15, 0.2) is 11.9 Å². The Kier molecular flexibility index (Phi) is 6.66. The molecule has 1 heterocycles. The van der Waals surface area contributed by atoms with E-state index >= 15 is 0 Å². The summed E-state index contributed by atoms with van der Waals surface area (Å²) in [5.74, 6) is -2.88. The minimum atomic E-state index is -1.90. The van der Waals surface area contributed by atoms with Crippen LogP contribution in [0.5, 0.6) is 0 Å². The van der Waals surface area contributed by atoms with Gasteiger partial charge in [-0.15, -0.1) is 0 Å². The Labute approximate surface area is 176 Å². The van der Waals surface area contributed by atoms with Crippen LogP contribution in [0.2, 0.25) is 0 Å². The highest BCUT2D eigenvalue weighted by Crippen LogP contribution is 2.25. The lowest BCUT2D eigenvalue weighted by Gasteiger charge is -2.37. The minimum Gasteiger partial charge on any atom is -0.479 e. The van der Waals surface area contributed by atoms with Crippen molar-refractivity contribution in [1.82, 2.24) is 0 Å². The molecule has 0 radical (unpaired) electrons. The molecule has 2 aromatic rings. The van der Waals surface area contributed by atoms with Crippen LogP contribution in [0.1, 0.15) is 21.5 Å². The molecule has 0 saturated carbocycles. The molecule has 10 heteroatoms. The number of aliphatic carboxylic acids is 1. The van der Waals surface area contributed by atoms with E-state index in [1.165, 1.54) is 12.1 Å². The molecular formula is C21H21NO9. The van der Waals surface area contributed by atoms with Gasteiger partial charge in [0.1, 0.15) is 18.3 Å². The number of aliphatic hydroxyl groups excluding tert-OH is 3. The molecule has 10 nitrogen and oxygen atoms in total.